The zero-order valence-corrected chi connectivity index (χ0v) is 17.5. The fraction of sp³-hybridized carbons (Fsp3) is 0.409. The van der Waals surface area contributed by atoms with Gasteiger partial charge in [0.2, 0.25) is 0 Å². The molecule has 1 aromatic heterocycles. The topological polar surface area (TPSA) is 23.6 Å². The van der Waals surface area contributed by atoms with Gasteiger partial charge in [0.15, 0.2) is 0 Å². The zero-order chi connectivity index (χ0) is 19.0. The van der Waals surface area contributed by atoms with E-state index in [-0.39, 0.29) is 5.91 Å². The molecule has 4 rings (SSSR count). The van der Waals surface area contributed by atoms with Crippen molar-refractivity contribution in [2.24, 2.45) is 0 Å². The fourth-order valence-electron chi connectivity index (χ4n) is 3.84. The Kier molecular flexibility index (Phi) is 5.40. The van der Waals surface area contributed by atoms with Crippen molar-refractivity contribution in [1.82, 2.24) is 9.80 Å². The van der Waals surface area contributed by atoms with E-state index in [1.165, 1.54) is 11.1 Å². The predicted molar refractivity (Wildman–Crippen MR) is 115 cm³/mol. The molecule has 1 amide bonds. The summed E-state index contributed by atoms with van der Waals surface area (Å²) in [5.74, 6) is 0.172. The Hall–Kier alpha value is -1.62. The van der Waals surface area contributed by atoms with E-state index >= 15 is 0 Å². The molecular weight excluding hydrogens is 376 g/mol. The molecule has 0 atom stereocenters. The molecule has 2 aliphatic heterocycles. The normalized spacial score (nSPS) is 18.0. The summed E-state index contributed by atoms with van der Waals surface area (Å²) in [6.45, 7) is 5.85. The number of thiophene rings is 1. The first-order valence-electron chi connectivity index (χ1n) is 9.60. The average molecular weight is 401 g/mol. The summed E-state index contributed by atoms with van der Waals surface area (Å²) in [5, 5.41) is 0.758. The van der Waals surface area contributed by atoms with Crippen molar-refractivity contribution in [3.05, 3.63) is 51.4 Å². The van der Waals surface area contributed by atoms with Crippen LogP contribution in [0.15, 0.2) is 30.3 Å². The van der Waals surface area contributed by atoms with Gasteiger partial charge in [-0.1, -0.05) is 29.8 Å². The van der Waals surface area contributed by atoms with Crippen LogP contribution in [0.2, 0.25) is 5.02 Å². The number of hydrogen-bond acceptors (Lipinski definition) is 3. The van der Waals surface area contributed by atoms with Gasteiger partial charge in [-0.05, 0) is 62.1 Å². The molecule has 0 spiro atoms. The Bertz CT molecular complexity index is 896. The molecule has 0 saturated carbocycles. The number of aryl methyl sites for hydroxylation is 1. The molecular formula is C22H25ClN2OS. The second kappa shape index (κ2) is 7.78. The minimum Gasteiger partial charge on any atom is -0.338 e. The maximum Gasteiger partial charge on any atom is 0.264 e. The van der Waals surface area contributed by atoms with Gasteiger partial charge in [0, 0.05) is 41.6 Å². The van der Waals surface area contributed by atoms with Crippen LogP contribution in [0.1, 0.15) is 40.1 Å². The summed E-state index contributed by atoms with van der Waals surface area (Å²) in [4.78, 5) is 19.0. The summed E-state index contributed by atoms with van der Waals surface area (Å²) in [6.07, 6.45) is 5.57. The second-order valence-corrected chi connectivity index (χ2v) is 9.02. The third-order valence-electron chi connectivity index (χ3n) is 5.52. The van der Waals surface area contributed by atoms with Crippen LogP contribution >= 0.6 is 22.9 Å². The van der Waals surface area contributed by atoms with Crippen molar-refractivity contribution in [2.75, 3.05) is 33.2 Å². The molecule has 3 heterocycles. The van der Waals surface area contributed by atoms with Crippen molar-refractivity contribution < 1.29 is 4.79 Å². The van der Waals surface area contributed by atoms with Gasteiger partial charge in [-0.3, -0.25) is 4.79 Å². The maximum atomic E-state index is 12.8. The average Bonchev–Trinajstić information content (AvgIpc) is 3.32. The number of halogens is 1. The van der Waals surface area contributed by atoms with Crippen molar-refractivity contribution in [2.45, 2.75) is 26.2 Å². The number of carbonyl (C=O) groups excluding carboxylic acids is 1. The Morgan fingerprint density at radius 3 is 2.59 bits per heavy atom. The highest BCUT2D eigenvalue weighted by Gasteiger charge is 2.23. The lowest BCUT2D eigenvalue weighted by atomic mass is 9.98. The monoisotopic (exact) mass is 400 g/mol. The predicted octanol–water partition coefficient (Wildman–Crippen LogP) is 5.33. The number of rotatable bonds is 3. The third-order valence-corrected chi connectivity index (χ3v) is 7.09. The van der Waals surface area contributed by atoms with Crippen LogP contribution in [0, 0.1) is 6.92 Å². The first kappa shape index (κ1) is 18.7. The second-order valence-electron chi connectivity index (χ2n) is 7.56. The van der Waals surface area contributed by atoms with Gasteiger partial charge >= 0.3 is 0 Å². The quantitative estimate of drug-likeness (QED) is 0.694. The summed E-state index contributed by atoms with van der Waals surface area (Å²) >= 11 is 8.22. The van der Waals surface area contributed by atoms with E-state index in [4.69, 9.17) is 11.6 Å². The molecule has 3 nitrogen and oxygen atoms in total. The number of carbonyl (C=O) groups is 1. The standard InChI is InChI=1S/C22H25ClN2OS/c1-15-13-20(27-21(15)22(26)25-9-3-4-10-25)18-6-5-17(14-19(18)23)16-7-11-24(2)12-8-16/h5-7,13-14H,3-4,8-12H2,1-2H3. The Morgan fingerprint density at radius 2 is 1.93 bits per heavy atom. The van der Waals surface area contributed by atoms with Gasteiger partial charge in [-0.15, -0.1) is 11.3 Å². The van der Waals surface area contributed by atoms with Crippen molar-refractivity contribution in [3.8, 4) is 10.4 Å². The zero-order valence-electron chi connectivity index (χ0n) is 15.9. The van der Waals surface area contributed by atoms with Crippen LogP contribution in [-0.4, -0.2) is 48.9 Å². The third kappa shape index (κ3) is 3.84. The molecule has 27 heavy (non-hydrogen) atoms. The molecule has 2 aromatic rings. The summed E-state index contributed by atoms with van der Waals surface area (Å²) < 4.78 is 0. The Balaban J connectivity index is 1.60. The lowest BCUT2D eigenvalue weighted by Gasteiger charge is -2.22. The highest BCUT2D eigenvalue weighted by atomic mass is 35.5. The summed E-state index contributed by atoms with van der Waals surface area (Å²) in [5.41, 5.74) is 4.64. The van der Waals surface area contributed by atoms with Crippen molar-refractivity contribution in [1.29, 1.82) is 0 Å². The van der Waals surface area contributed by atoms with E-state index < -0.39 is 0 Å². The van der Waals surface area contributed by atoms with E-state index in [0.29, 0.717) is 0 Å². The molecule has 1 fully saturated rings. The molecule has 0 radical (unpaired) electrons. The van der Waals surface area contributed by atoms with E-state index in [1.807, 2.05) is 11.8 Å². The van der Waals surface area contributed by atoms with Gasteiger partial charge in [0.25, 0.3) is 5.91 Å². The van der Waals surface area contributed by atoms with Gasteiger partial charge < -0.3 is 9.80 Å². The van der Waals surface area contributed by atoms with Gasteiger partial charge in [-0.25, -0.2) is 0 Å². The summed E-state index contributed by atoms with van der Waals surface area (Å²) in [6, 6.07) is 8.44. The number of nitrogens with zero attached hydrogens (tertiary/aromatic N) is 2. The van der Waals surface area contributed by atoms with Gasteiger partial charge in [0.05, 0.1) is 4.88 Å². The van der Waals surface area contributed by atoms with Crippen LogP contribution in [0.5, 0.6) is 0 Å². The molecule has 0 unspecified atom stereocenters. The van der Waals surface area contributed by atoms with Crippen molar-refractivity contribution >= 4 is 34.4 Å². The molecule has 1 saturated heterocycles. The SMILES string of the molecule is Cc1cc(-c2ccc(C3=CCN(C)CC3)cc2Cl)sc1C(=O)N1CCCC1. The van der Waals surface area contributed by atoms with E-state index in [2.05, 4.69) is 42.3 Å². The molecule has 2 aliphatic rings. The van der Waals surface area contributed by atoms with Crippen LogP contribution in [0.3, 0.4) is 0 Å². The molecule has 0 N–H and O–H groups in total. The molecule has 0 bridgehead atoms. The number of benzene rings is 1. The minimum atomic E-state index is 0.172. The van der Waals surface area contributed by atoms with Gasteiger partial charge in [0.1, 0.15) is 0 Å². The van der Waals surface area contributed by atoms with E-state index in [0.717, 1.165) is 71.3 Å². The van der Waals surface area contributed by atoms with Gasteiger partial charge in [-0.2, -0.15) is 0 Å². The lowest BCUT2D eigenvalue weighted by molar-refractivity contribution is 0.0797. The number of hydrogen-bond donors (Lipinski definition) is 0. The van der Waals surface area contributed by atoms with Crippen LogP contribution in [0.4, 0.5) is 0 Å². The summed E-state index contributed by atoms with van der Waals surface area (Å²) in [7, 11) is 2.14. The number of amides is 1. The van der Waals surface area contributed by atoms with E-state index in [9.17, 15) is 4.79 Å². The largest absolute Gasteiger partial charge is 0.338 e. The van der Waals surface area contributed by atoms with E-state index in [1.54, 1.807) is 11.3 Å². The van der Waals surface area contributed by atoms with Crippen LogP contribution < -0.4 is 0 Å². The molecule has 5 heteroatoms. The first-order valence-corrected chi connectivity index (χ1v) is 10.8. The maximum absolute atomic E-state index is 12.8. The van der Waals surface area contributed by atoms with Crippen LogP contribution in [-0.2, 0) is 0 Å². The lowest BCUT2D eigenvalue weighted by Crippen LogP contribution is -2.27. The Morgan fingerprint density at radius 1 is 1.15 bits per heavy atom. The smallest absolute Gasteiger partial charge is 0.264 e. The number of likely N-dealkylation sites (tertiary alicyclic amines) is 1. The minimum absolute atomic E-state index is 0.172. The molecule has 1 aromatic carbocycles. The van der Waals surface area contributed by atoms with Crippen LogP contribution in [0.25, 0.3) is 16.0 Å². The molecule has 142 valence electrons. The Labute approximate surface area is 170 Å². The first-order chi connectivity index (χ1) is 13.0. The highest BCUT2D eigenvalue weighted by molar-refractivity contribution is 7.17. The fourth-order valence-corrected chi connectivity index (χ4v) is 5.36. The highest BCUT2D eigenvalue weighted by Crippen LogP contribution is 2.38. The number of likely N-dealkylation sites (N-methyl/N-ethyl adjacent to an activating group) is 1. The molecule has 0 aliphatic carbocycles. The van der Waals surface area contributed by atoms with Crippen molar-refractivity contribution in [3.63, 3.8) is 0 Å².